The largest absolute Gasteiger partial charge is 0.326 e. The monoisotopic (exact) mass is 272 g/mol. The summed E-state index contributed by atoms with van der Waals surface area (Å²) in [6.45, 7) is 5.25. The number of hydrogen-bond acceptors (Lipinski definition) is 3. The molecule has 0 amide bonds. The van der Waals surface area contributed by atoms with E-state index in [9.17, 15) is 0 Å². The predicted octanol–water partition coefficient (Wildman–Crippen LogP) is 2.98. The molecule has 1 aliphatic rings. The zero-order valence-corrected chi connectivity index (χ0v) is 12.1. The Morgan fingerprint density at radius 3 is 2.63 bits per heavy atom. The third-order valence-electron chi connectivity index (χ3n) is 3.82. The van der Waals surface area contributed by atoms with Crippen LogP contribution in [0.4, 0.5) is 0 Å². The van der Waals surface area contributed by atoms with Gasteiger partial charge in [0.2, 0.25) is 0 Å². The van der Waals surface area contributed by atoms with E-state index < -0.39 is 0 Å². The Hall–Kier alpha value is -1.16. The van der Waals surface area contributed by atoms with Gasteiger partial charge in [0.05, 0.1) is 0 Å². The molecule has 1 aromatic heterocycles. The molecule has 0 bridgehead atoms. The zero-order chi connectivity index (χ0) is 13.2. The Labute approximate surface area is 118 Å². The summed E-state index contributed by atoms with van der Waals surface area (Å²) >= 11 is 1.89. The van der Waals surface area contributed by atoms with Crippen LogP contribution in [0.1, 0.15) is 21.2 Å². The molecule has 3 heteroatoms. The number of thiophene rings is 1. The van der Waals surface area contributed by atoms with Crippen LogP contribution in [0.15, 0.2) is 42.5 Å². The normalized spacial score (nSPS) is 23.9. The highest BCUT2D eigenvalue weighted by atomic mass is 32.1. The van der Waals surface area contributed by atoms with Gasteiger partial charge in [0, 0.05) is 41.3 Å². The van der Waals surface area contributed by atoms with Crippen molar-refractivity contribution in [2.45, 2.75) is 25.4 Å². The van der Waals surface area contributed by atoms with Crippen molar-refractivity contribution in [1.29, 1.82) is 0 Å². The molecule has 1 aromatic carbocycles. The summed E-state index contributed by atoms with van der Waals surface area (Å²) in [5, 5.41) is 0. The van der Waals surface area contributed by atoms with E-state index in [1.165, 1.54) is 15.3 Å². The lowest BCUT2D eigenvalue weighted by atomic mass is 10.0. The average Bonchev–Trinajstić information content (AvgIpc) is 2.97. The maximum absolute atomic E-state index is 6.33. The Kier molecular flexibility index (Phi) is 3.69. The summed E-state index contributed by atoms with van der Waals surface area (Å²) in [5.41, 5.74) is 7.70. The van der Waals surface area contributed by atoms with E-state index in [0.29, 0.717) is 5.92 Å². The summed E-state index contributed by atoms with van der Waals surface area (Å²) in [6.07, 6.45) is 0. The van der Waals surface area contributed by atoms with Gasteiger partial charge >= 0.3 is 0 Å². The van der Waals surface area contributed by atoms with Gasteiger partial charge in [-0.2, -0.15) is 0 Å². The van der Waals surface area contributed by atoms with Crippen molar-refractivity contribution in [1.82, 2.24) is 4.90 Å². The third kappa shape index (κ3) is 2.89. The van der Waals surface area contributed by atoms with Crippen molar-refractivity contribution >= 4 is 11.3 Å². The molecule has 3 rings (SSSR count). The second kappa shape index (κ2) is 5.45. The molecule has 0 radical (unpaired) electrons. The van der Waals surface area contributed by atoms with Crippen LogP contribution in [-0.2, 0) is 6.54 Å². The highest BCUT2D eigenvalue weighted by Crippen LogP contribution is 2.32. The van der Waals surface area contributed by atoms with Gasteiger partial charge in [0.1, 0.15) is 0 Å². The Morgan fingerprint density at radius 2 is 1.95 bits per heavy atom. The zero-order valence-electron chi connectivity index (χ0n) is 11.3. The van der Waals surface area contributed by atoms with Gasteiger partial charge in [-0.25, -0.2) is 0 Å². The second-order valence-electron chi connectivity index (χ2n) is 5.40. The lowest BCUT2D eigenvalue weighted by Crippen LogP contribution is -2.28. The van der Waals surface area contributed by atoms with Crippen molar-refractivity contribution in [3.8, 4) is 0 Å². The number of nitrogens with zero attached hydrogens (tertiary/aromatic N) is 1. The third-order valence-corrected chi connectivity index (χ3v) is 4.95. The molecule has 0 spiro atoms. The summed E-state index contributed by atoms with van der Waals surface area (Å²) in [4.78, 5) is 5.30. The first-order valence-corrected chi connectivity index (χ1v) is 7.62. The van der Waals surface area contributed by atoms with Crippen molar-refractivity contribution in [3.05, 3.63) is 57.8 Å². The number of aryl methyl sites for hydroxylation is 1. The molecule has 2 unspecified atom stereocenters. The van der Waals surface area contributed by atoms with Crippen LogP contribution in [0.5, 0.6) is 0 Å². The molecule has 19 heavy (non-hydrogen) atoms. The van der Waals surface area contributed by atoms with Crippen LogP contribution in [0.3, 0.4) is 0 Å². The predicted molar refractivity (Wildman–Crippen MR) is 81.5 cm³/mol. The fourth-order valence-corrected chi connectivity index (χ4v) is 3.88. The van der Waals surface area contributed by atoms with Crippen molar-refractivity contribution in [2.24, 2.45) is 5.73 Å². The van der Waals surface area contributed by atoms with Gasteiger partial charge in [-0.1, -0.05) is 30.3 Å². The molecule has 2 heterocycles. The highest BCUT2D eigenvalue weighted by molar-refractivity contribution is 7.12. The SMILES string of the molecule is Cc1ccc(C2CN(Cc3ccccc3)CC2N)s1. The lowest BCUT2D eigenvalue weighted by Gasteiger charge is -2.15. The minimum Gasteiger partial charge on any atom is -0.326 e. The Balaban J connectivity index is 1.68. The van der Waals surface area contributed by atoms with Crippen LogP contribution < -0.4 is 5.73 Å². The molecule has 100 valence electrons. The second-order valence-corrected chi connectivity index (χ2v) is 6.72. The molecular weight excluding hydrogens is 252 g/mol. The van der Waals surface area contributed by atoms with Crippen LogP contribution in [0, 0.1) is 6.92 Å². The standard InChI is InChI=1S/C16H20N2S/c1-12-7-8-16(19-12)14-10-18(11-15(14)17)9-13-5-3-2-4-6-13/h2-8,14-15H,9-11,17H2,1H3. The topological polar surface area (TPSA) is 29.3 Å². The molecule has 1 saturated heterocycles. The van der Waals surface area contributed by atoms with Crippen molar-refractivity contribution < 1.29 is 0 Å². The van der Waals surface area contributed by atoms with Gasteiger partial charge in [-0.05, 0) is 24.6 Å². The number of nitrogens with two attached hydrogens (primary N) is 1. The molecule has 0 saturated carbocycles. The van der Waals surface area contributed by atoms with Gasteiger partial charge in [-0.3, -0.25) is 4.90 Å². The van der Waals surface area contributed by atoms with E-state index in [1.807, 2.05) is 11.3 Å². The van der Waals surface area contributed by atoms with Gasteiger partial charge in [0.15, 0.2) is 0 Å². The maximum atomic E-state index is 6.33. The molecule has 1 aliphatic heterocycles. The first kappa shape index (κ1) is 12.9. The van der Waals surface area contributed by atoms with Crippen molar-refractivity contribution in [2.75, 3.05) is 13.1 Å². The average molecular weight is 272 g/mol. The Morgan fingerprint density at radius 1 is 1.16 bits per heavy atom. The minimum atomic E-state index is 0.266. The molecular formula is C16H20N2S. The number of hydrogen-bond donors (Lipinski definition) is 1. The first-order chi connectivity index (χ1) is 9.22. The summed E-state index contributed by atoms with van der Waals surface area (Å²) < 4.78 is 0. The van der Waals surface area contributed by atoms with Gasteiger partial charge in [0.25, 0.3) is 0 Å². The quantitative estimate of drug-likeness (QED) is 0.930. The van der Waals surface area contributed by atoms with E-state index in [1.54, 1.807) is 0 Å². The molecule has 2 atom stereocenters. The Bertz CT molecular complexity index is 535. The van der Waals surface area contributed by atoms with Gasteiger partial charge in [-0.15, -0.1) is 11.3 Å². The number of rotatable bonds is 3. The molecule has 0 aliphatic carbocycles. The molecule has 2 nitrogen and oxygen atoms in total. The van der Waals surface area contributed by atoms with Crippen LogP contribution in [0.2, 0.25) is 0 Å². The fraction of sp³-hybridized carbons (Fsp3) is 0.375. The van der Waals surface area contributed by atoms with E-state index >= 15 is 0 Å². The van der Waals surface area contributed by atoms with E-state index in [-0.39, 0.29) is 6.04 Å². The first-order valence-electron chi connectivity index (χ1n) is 6.80. The van der Waals surface area contributed by atoms with E-state index in [2.05, 4.69) is 54.3 Å². The number of benzene rings is 1. The van der Waals surface area contributed by atoms with E-state index in [0.717, 1.165) is 19.6 Å². The summed E-state index contributed by atoms with van der Waals surface area (Å²) in [5.74, 6) is 0.502. The smallest absolute Gasteiger partial charge is 0.0258 e. The van der Waals surface area contributed by atoms with Crippen LogP contribution in [0.25, 0.3) is 0 Å². The highest BCUT2D eigenvalue weighted by Gasteiger charge is 2.31. The molecule has 2 N–H and O–H groups in total. The van der Waals surface area contributed by atoms with Gasteiger partial charge < -0.3 is 5.73 Å². The van der Waals surface area contributed by atoms with Crippen molar-refractivity contribution in [3.63, 3.8) is 0 Å². The maximum Gasteiger partial charge on any atom is 0.0258 e. The summed E-state index contributed by atoms with van der Waals surface area (Å²) in [7, 11) is 0. The lowest BCUT2D eigenvalue weighted by molar-refractivity contribution is 0.324. The van der Waals surface area contributed by atoms with E-state index in [4.69, 9.17) is 5.73 Å². The van der Waals surface area contributed by atoms with Crippen LogP contribution >= 0.6 is 11.3 Å². The molecule has 2 aromatic rings. The molecule has 1 fully saturated rings. The number of likely N-dealkylation sites (tertiary alicyclic amines) is 1. The van der Waals surface area contributed by atoms with Crippen LogP contribution in [-0.4, -0.2) is 24.0 Å². The summed E-state index contributed by atoms with van der Waals surface area (Å²) in [6, 6.07) is 15.4. The fourth-order valence-electron chi connectivity index (χ4n) is 2.84. The minimum absolute atomic E-state index is 0.266.